The van der Waals surface area contributed by atoms with Gasteiger partial charge in [0.15, 0.2) is 0 Å². The number of aryl methyl sites for hydroxylation is 6. The minimum absolute atomic E-state index is 0.0194. The van der Waals surface area contributed by atoms with E-state index in [1.165, 1.54) is 77.4 Å². The molecule has 0 bridgehead atoms. The van der Waals surface area contributed by atoms with Crippen molar-refractivity contribution in [2.24, 2.45) is 0 Å². The van der Waals surface area contributed by atoms with E-state index in [-0.39, 0.29) is 5.54 Å². The number of hydrogen-bond acceptors (Lipinski definition) is 0. The molecule has 0 radical (unpaired) electrons. The van der Waals surface area contributed by atoms with Gasteiger partial charge in [0.05, 0.1) is 0 Å². The van der Waals surface area contributed by atoms with Crippen LogP contribution in [0.2, 0.25) is 0 Å². The van der Waals surface area contributed by atoms with Gasteiger partial charge in [0.2, 0.25) is 0 Å². The van der Waals surface area contributed by atoms with E-state index in [1.54, 1.807) is 0 Å². The van der Waals surface area contributed by atoms with Gasteiger partial charge in [-0.25, -0.2) is 0 Å². The van der Waals surface area contributed by atoms with Crippen LogP contribution in [0.5, 0.6) is 0 Å². The predicted molar refractivity (Wildman–Crippen MR) is 154 cm³/mol. The topological polar surface area (TPSA) is 4.93 Å². The molecule has 0 atom stereocenters. The highest BCUT2D eigenvalue weighted by molar-refractivity contribution is 6.11. The Balaban J connectivity index is 1.85. The van der Waals surface area contributed by atoms with Crippen LogP contribution in [0.15, 0.2) is 60.7 Å². The van der Waals surface area contributed by atoms with Crippen molar-refractivity contribution < 1.29 is 0 Å². The first-order valence-corrected chi connectivity index (χ1v) is 12.7. The average molecular weight is 460 g/mol. The molecule has 178 valence electrons. The lowest BCUT2D eigenvalue weighted by atomic mass is 9.91. The lowest BCUT2D eigenvalue weighted by Crippen LogP contribution is -2.21. The smallest absolute Gasteiger partial charge is 0.0496 e. The van der Waals surface area contributed by atoms with Gasteiger partial charge in [-0.05, 0) is 131 Å². The molecule has 0 saturated heterocycles. The van der Waals surface area contributed by atoms with Crippen molar-refractivity contribution in [2.75, 3.05) is 0 Å². The van der Waals surface area contributed by atoms with Gasteiger partial charge in [0.1, 0.15) is 0 Å². The molecule has 0 amide bonds. The lowest BCUT2D eigenvalue weighted by molar-refractivity contribution is 0.423. The first-order chi connectivity index (χ1) is 16.5. The Hall–Kier alpha value is -3.32. The number of fused-ring (bicyclic) bond motifs is 3. The van der Waals surface area contributed by atoms with E-state index in [2.05, 4.69) is 128 Å². The zero-order valence-electron chi connectivity index (χ0n) is 22.7. The maximum Gasteiger partial charge on any atom is 0.0496 e. The molecule has 0 saturated carbocycles. The van der Waals surface area contributed by atoms with Crippen LogP contribution in [0.4, 0.5) is 0 Å². The highest BCUT2D eigenvalue weighted by Gasteiger charge is 2.22. The fourth-order valence-electron chi connectivity index (χ4n) is 6.33. The number of aromatic nitrogens is 1. The maximum absolute atomic E-state index is 2.51. The molecule has 4 aromatic carbocycles. The minimum atomic E-state index is -0.0194. The molecule has 0 N–H and O–H groups in total. The van der Waals surface area contributed by atoms with Gasteiger partial charge in [0, 0.05) is 27.3 Å². The summed E-state index contributed by atoms with van der Waals surface area (Å²) in [4.78, 5) is 0. The third kappa shape index (κ3) is 3.88. The van der Waals surface area contributed by atoms with E-state index in [0.717, 1.165) is 0 Å². The number of rotatable bonds is 2. The molecule has 5 rings (SSSR count). The van der Waals surface area contributed by atoms with E-state index in [1.807, 2.05) is 0 Å². The van der Waals surface area contributed by atoms with Crippen LogP contribution in [-0.2, 0) is 5.54 Å². The van der Waals surface area contributed by atoms with Crippen LogP contribution < -0.4 is 0 Å². The molecule has 1 heteroatoms. The van der Waals surface area contributed by atoms with Crippen molar-refractivity contribution in [2.45, 2.75) is 67.9 Å². The Morgan fingerprint density at radius 2 is 0.829 bits per heavy atom. The maximum atomic E-state index is 2.51. The SMILES string of the molecule is Cc1cc(C)c(-c2ccc3c(c2)c2cc(-c4c(C)cc(C)cc4C)ccc2n3C(C)(C)C)c(C)c1. The molecule has 0 unspecified atom stereocenters. The number of nitrogens with zero attached hydrogens (tertiary/aromatic N) is 1. The number of benzene rings is 4. The second-order valence-electron chi connectivity index (χ2n) is 11.5. The summed E-state index contributed by atoms with van der Waals surface area (Å²) in [7, 11) is 0. The zero-order chi connectivity index (χ0) is 25.2. The first kappa shape index (κ1) is 23.4. The van der Waals surface area contributed by atoms with E-state index in [9.17, 15) is 0 Å². The summed E-state index contributed by atoms with van der Waals surface area (Å²) in [5, 5.41) is 2.66. The lowest BCUT2D eigenvalue weighted by Gasteiger charge is -2.24. The molecule has 5 aromatic rings. The normalized spacial score (nSPS) is 12.1. The molecule has 1 aromatic heterocycles. The van der Waals surface area contributed by atoms with Crippen molar-refractivity contribution in [3.05, 3.63) is 94.0 Å². The summed E-state index contributed by atoms with van der Waals surface area (Å²) in [5.41, 5.74) is 15.9. The van der Waals surface area contributed by atoms with Crippen molar-refractivity contribution >= 4 is 21.8 Å². The van der Waals surface area contributed by atoms with Crippen molar-refractivity contribution in [1.29, 1.82) is 0 Å². The van der Waals surface area contributed by atoms with Crippen molar-refractivity contribution in [3.63, 3.8) is 0 Å². The second-order valence-corrected chi connectivity index (χ2v) is 11.5. The first-order valence-electron chi connectivity index (χ1n) is 12.7. The molecule has 35 heavy (non-hydrogen) atoms. The third-order valence-electron chi connectivity index (χ3n) is 7.37. The van der Waals surface area contributed by atoms with E-state index in [0.29, 0.717) is 0 Å². The highest BCUT2D eigenvalue weighted by Crippen LogP contribution is 2.40. The molecule has 0 spiro atoms. The molecule has 1 heterocycles. The van der Waals surface area contributed by atoms with Gasteiger partial charge in [-0.1, -0.05) is 47.5 Å². The van der Waals surface area contributed by atoms with Gasteiger partial charge in [0.25, 0.3) is 0 Å². The van der Waals surface area contributed by atoms with Gasteiger partial charge < -0.3 is 4.57 Å². The van der Waals surface area contributed by atoms with Crippen LogP contribution in [0, 0.1) is 41.5 Å². The Morgan fingerprint density at radius 1 is 0.486 bits per heavy atom. The standard InChI is InChI=1S/C34H37N/c1-20-14-22(3)32(23(4)15-20)26-10-12-30-28(18-26)29-19-27(11-13-31(29)35(30)34(7,8)9)33-24(5)16-21(2)17-25(33)6/h10-19H,1-9H3. The molecular formula is C34H37N. The average Bonchev–Trinajstić information content (AvgIpc) is 3.06. The van der Waals surface area contributed by atoms with Crippen LogP contribution in [0.25, 0.3) is 44.1 Å². The minimum Gasteiger partial charge on any atom is -0.335 e. The fourth-order valence-corrected chi connectivity index (χ4v) is 6.33. The van der Waals surface area contributed by atoms with Crippen LogP contribution in [0.1, 0.15) is 54.2 Å². The summed E-state index contributed by atoms with van der Waals surface area (Å²) < 4.78 is 2.51. The van der Waals surface area contributed by atoms with Crippen molar-refractivity contribution in [1.82, 2.24) is 4.57 Å². The summed E-state index contributed by atoms with van der Waals surface area (Å²) in [6, 6.07) is 23.3. The van der Waals surface area contributed by atoms with E-state index < -0.39 is 0 Å². The van der Waals surface area contributed by atoms with Crippen LogP contribution >= 0.6 is 0 Å². The molecule has 0 aliphatic heterocycles. The zero-order valence-corrected chi connectivity index (χ0v) is 22.7. The molecule has 0 fully saturated rings. The summed E-state index contributed by atoms with van der Waals surface area (Å²) >= 11 is 0. The molecule has 0 aliphatic carbocycles. The molecule has 0 aliphatic rings. The Labute approximate surface area is 210 Å². The summed E-state index contributed by atoms with van der Waals surface area (Å²) in [6.07, 6.45) is 0. The Morgan fingerprint density at radius 3 is 1.14 bits per heavy atom. The van der Waals surface area contributed by atoms with Crippen molar-refractivity contribution in [3.8, 4) is 22.3 Å². The Bertz CT molecular complexity index is 1460. The van der Waals surface area contributed by atoms with Gasteiger partial charge in [-0.15, -0.1) is 0 Å². The van der Waals surface area contributed by atoms with Gasteiger partial charge in [-0.3, -0.25) is 0 Å². The van der Waals surface area contributed by atoms with Gasteiger partial charge in [-0.2, -0.15) is 0 Å². The molecular weight excluding hydrogens is 422 g/mol. The van der Waals surface area contributed by atoms with E-state index in [4.69, 9.17) is 0 Å². The summed E-state index contributed by atoms with van der Waals surface area (Å²) in [6.45, 7) is 20.2. The van der Waals surface area contributed by atoms with Crippen LogP contribution in [-0.4, -0.2) is 4.57 Å². The largest absolute Gasteiger partial charge is 0.335 e. The number of hydrogen-bond donors (Lipinski definition) is 0. The van der Waals surface area contributed by atoms with E-state index >= 15 is 0 Å². The quantitative estimate of drug-likeness (QED) is 0.247. The Kier molecular flexibility index (Phi) is 5.44. The molecule has 1 nitrogen and oxygen atoms in total. The van der Waals surface area contributed by atoms with Crippen LogP contribution in [0.3, 0.4) is 0 Å². The highest BCUT2D eigenvalue weighted by atomic mass is 15.0. The third-order valence-corrected chi connectivity index (χ3v) is 7.37. The fraction of sp³-hybridized carbons (Fsp3) is 0.294. The van der Waals surface area contributed by atoms with Gasteiger partial charge >= 0.3 is 0 Å². The monoisotopic (exact) mass is 459 g/mol. The summed E-state index contributed by atoms with van der Waals surface area (Å²) in [5.74, 6) is 0. The predicted octanol–water partition coefficient (Wildman–Crippen LogP) is 9.73. The second kappa shape index (κ2) is 8.12.